The summed E-state index contributed by atoms with van der Waals surface area (Å²) in [5, 5.41) is 8.47. The lowest BCUT2D eigenvalue weighted by atomic mass is 10.1. The van der Waals surface area contributed by atoms with Gasteiger partial charge in [0.1, 0.15) is 0 Å². The molecule has 1 aliphatic rings. The molecule has 1 aromatic rings. The van der Waals surface area contributed by atoms with Gasteiger partial charge in [-0.2, -0.15) is 0 Å². The fourth-order valence-corrected chi connectivity index (χ4v) is 1.59. The van der Waals surface area contributed by atoms with Crippen LogP contribution in [0.15, 0.2) is 18.2 Å². The SMILES string of the molecule is O=C(O)CCCc1ccc2c(c1)OC(F)(F)O2. The normalized spacial score (nSPS) is 15.9. The minimum atomic E-state index is -3.61. The topological polar surface area (TPSA) is 55.8 Å². The molecule has 0 amide bonds. The number of alkyl halides is 2. The Morgan fingerprint density at radius 1 is 1.29 bits per heavy atom. The van der Waals surface area contributed by atoms with Crippen LogP contribution in [-0.4, -0.2) is 17.4 Å². The Kier molecular flexibility index (Phi) is 2.87. The number of ether oxygens (including phenoxy) is 2. The van der Waals surface area contributed by atoms with Crippen LogP contribution >= 0.6 is 0 Å². The molecule has 92 valence electrons. The molecule has 0 radical (unpaired) electrons. The molecule has 0 saturated carbocycles. The van der Waals surface area contributed by atoms with Crippen LogP contribution < -0.4 is 9.47 Å². The zero-order valence-electron chi connectivity index (χ0n) is 8.78. The smallest absolute Gasteiger partial charge is 0.481 e. The van der Waals surface area contributed by atoms with Crippen LogP contribution in [0, 0.1) is 0 Å². The number of rotatable bonds is 4. The predicted molar refractivity (Wildman–Crippen MR) is 53.2 cm³/mol. The summed E-state index contributed by atoms with van der Waals surface area (Å²) >= 11 is 0. The first-order chi connectivity index (χ1) is 7.96. The number of carboxylic acid groups (broad SMARTS) is 1. The van der Waals surface area contributed by atoms with Crippen LogP contribution in [0.2, 0.25) is 0 Å². The lowest BCUT2D eigenvalue weighted by Crippen LogP contribution is -2.25. The highest BCUT2D eigenvalue weighted by atomic mass is 19.3. The van der Waals surface area contributed by atoms with Crippen molar-refractivity contribution in [3.8, 4) is 11.5 Å². The van der Waals surface area contributed by atoms with Crippen LogP contribution in [-0.2, 0) is 11.2 Å². The van der Waals surface area contributed by atoms with Gasteiger partial charge in [-0.25, -0.2) is 0 Å². The number of carboxylic acids is 1. The molecular formula is C11H10F2O4. The van der Waals surface area contributed by atoms with Gasteiger partial charge in [0, 0.05) is 6.42 Å². The number of aliphatic carboxylic acids is 1. The number of hydrogen-bond donors (Lipinski definition) is 1. The molecule has 0 aliphatic carbocycles. The third-order valence-corrected chi connectivity index (χ3v) is 2.32. The van der Waals surface area contributed by atoms with Crippen molar-refractivity contribution in [1.82, 2.24) is 0 Å². The van der Waals surface area contributed by atoms with E-state index in [1.165, 1.54) is 12.1 Å². The summed E-state index contributed by atoms with van der Waals surface area (Å²) in [5.41, 5.74) is 0.742. The molecule has 0 unspecified atom stereocenters. The van der Waals surface area contributed by atoms with Gasteiger partial charge in [0.15, 0.2) is 11.5 Å². The second-order valence-electron chi connectivity index (χ2n) is 3.70. The second-order valence-corrected chi connectivity index (χ2v) is 3.70. The fraction of sp³-hybridized carbons (Fsp3) is 0.364. The molecule has 0 saturated heterocycles. The molecule has 1 aliphatic heterocycles. The van der Waals surface area contributed by atoms with E-state index in [-0.39, 0.29) is 17.9 Å². The van der Waals surface area contributed by atoms with Crippen molar-refractivity contribution in [3.05, 3.63) is 23.8 Å². The predicted octanol–water partition coefficient (Wildman–Crippen LogP) is 2.42. The maximum Gasteiger partial charge on any atom is 0.586 e. The summed E-state index contributed by atoms with van der Waals surface area (Å²) < 4.78 is 33.9. The Morgan fingerprint density at radius 2 is 2.00 bits per heavy atom. The average Bonchev–Trinajstić information content (AvgIpc) is 2.50. The molecule has 1 heterocycles. The quantitative estimate of drug-likeness (QED) is 0.883. The maximum absolute atomic E-state index is 12.7. The van der Waals surface area contributed by atoms with Crippen molar-refractivity contribution >= 4 is 5.97 Å². The first-order valence-corrected chi connectivity index (χ1v) is 5.07. The van der Waals surface area contributed by atoms with Gasteiger partial charge in [-0.15, -0.1) is 8.78 Å². The summed E-state index contributed by atoms with van der Waals surface area (Å²) in [7, 11) is 0. The fourth-order valence-electron chi connectivity index (χ4n) is 1.59. The maximum atomic E-state index is 12.7. The molecule has 0 bridgehead atoms. The molecule has 17 heavy (non-hydrogen) atoms. The van der Waals surface area contributed by atoms with Gasteiger partial charge in [-0.1, -0.05) is 6.07 Å². The lowest BCUT2D eigenvalue weighted by Gasteiger charge is -2.04. The molecule has 4 nitrogen and oxygen atoms in total. The van der Waals surface area contributed by atoms with Crippen LogP contribution in [0.4, 0.5) is 8.78 Å². The largest absolute Gasteiger partial charge is 0.586 e. The van der Waals surface area contributed by atoms with E-state index in [1.54, 1.807) is 6.07 Å². The lowest BCUT2D eigenvalue weighted by molar-refractivity contribution is -0.286. The zero-order chi connectivity index (χ0) is 12.5. The number of aryl methyl sites for hydroxylation is 1. The van der Waals surface area contributed by atoms with Crippen LogP contribution in [0.1, 0.15) is 18.4 Å². The summed E-state index contributed by atoms with van der Waals surface area (Å²) in [6, 6.07) is 4.45. The van der Waals surface area contributed by atoms with Gasteiger partial charge in [-0.3, -0.25) is 4.79 Å². The van der Waals surface area contributed by atoms with E-state index < -0.39 is 12.3 Å². The number of fused-ring (bicyclic) bond motifs is 1. The van der Waals surface area contributed by atoms with E-state index in [9.17, 15) is 13.6 Å². The molecule has 0 aromatic heterocycles. The van der Waals surface area contributed by atoms with Gasteiger partial charge in [0.25, 0.3) is 0 Å². The molecule has 1 aromatic carbocycles. The van der Waals surface area contributed by atoms with Crippen molar-refractivity contribution in [2.75, 3.05) is 0 Å². The highest BCUT2D eigenvalue weighted by molar-refractivity contribution is 5.66. The molecule has 6 heteroatoms. The highest BCUT2D eigenvalue weighted by Gasteiger charge is 2.43. The van der Waals surface area contributed by atoms with Gasteiger partial charge in [-0.05, 0) is 30.5 Å². The first kappa shape index (κ1) is 11.6. The Balaban J connectivity index is 2.01. The average molecular weight is 244 g/mol. The Hall–Kier alpha value is -1.85. The Bertz CT molecular complexity index is 445. The van der Waals surface area contributed by atoms with Crippen LogP contribution in [0.5, 0.6) is 11.5 Å². The van der Waals surface area contributed by atoms with E-state index in [2.05, 4.69) is 9.47 Å². The standard InChI is InChI=1S/C11H10F2O4/c12-11(13)16-8-5-4-7(6-9(8)17-11)2-1-3-10(14)15/h4-6H,1-3H2,(H,14,15). The van der Waals surface area contributed by atoms with E-state index in [1.807, 2.05) is 0 Å². The van der Waals surface area contributed by atoms with Crippen molar-refractivity contribution in [1.29, 1.82) is 0 Å². The number of halogens is 2. The molecule has 0 atom stereocenters. The number of hydrogen-bond acceptors (Lipinski definition) is 3. The van der Waals surface area contributed by atoms with Crippen molar-refractivity contribution < 1.29 is 28.2 Å². The van der Waals surface area contributed by atoms with Crippen LogP contribution in [0.3, 0.4) is 0 Å². The summed E-state index contributed by atoms with van der Waals surface area (Å²) in [5.74, 6) is -0.892. The summed E-state index contributed by atoms with van der Waals surface area (Å²) in [6.45, 7) is 0. The monoisotopic (exact) mass is 244 g/mol. The van der Waals surface area contributed by atoms with Gasteiger partial charge >= 0.3 is 12.3 Å². The second kappa shape index (κ2) is 4.20. The van der Waals surface area contributed by atoms with Crippen LogP contribution in [0.25, 0.3) is 0 Å². The molecule has 1 N–H and O–H groups in total. The number of carbonyl (C=O) groups is 1. The third-order valence-electron chi connectivity index (χ3n) is 2.32. The summed E-state index contributed by atoms with van der Waals surface area (Å²) in [4.78, 5) is 10.3. The van der Waals surface area contributed by atoms with Crippen molar-refractivity contribution in [2.24, 2.45) is 0 Å². The first-order valence-electron chi connectivity index (χ1n) is 5.07. The van der Waals surface area contributed by atoms with Gasteiger partial charge in [0.2, 0.25) is 0 Å². The molecule has 2 rings (SSSR count). The zero-order valence-corrected chi connectivity index (χ0v) is 8.78. The Labute approximate surface area is 95.8 Å². The van der Waals surface area contributed by atoms with Gasteiger partial charge in [0.05, 0.1) is 0 Å². The van der Waals surface area contributed by atoms with Crippen molar-refractivity contribution in [3.63, 3.8) is 0 Å². The van der Waals surface area contributed by atoms with E-state index in [0.717, 1.165) is 5.56 Å². The minimum absolute atomic E-state index is 0.00279. The summed E-state index contributed by atoms with van der Waals surface area (Å²) in [6.07, 6.45) is -2.62. The van der Waals surface area contributed by atoms with E-state index >= 15 is 0 Å². The molecule has 0 spiro atoms. The van der Waals surface area contributed by atoms with Gasteiger partial charge < -0.3 is 14.6 Å². The Morgan fingerprint density at radius 3 is 2.71 bits per heavy atom. The number of benzene rings is 1. The van der Waals surface area contributed by atoms with E-state index in [4.69, 9.17) is 5.11 Å². The molecular weight excluding hydrogens is 234 g/mol. The van der Waals surface area contributed by atoms with Crippen molar-refractivity contribution in [2.45, 2.75) is 25.6 Å². The van der Waals surface area contributed by atoms with E-state index in [0.29, 0.717) is 12.8 Å². The highest BCUT2D eigenvalue weighted by Crippen LogP contribution is 2.41. The third kappa shape index (κ3) is 2.83. The molecule has 0 fully saturated rings. The minimum Gasteiger partial charge on any atom is -0.481 e.